The minimum Gasteiger partial charge on any atom is -0.495 e. The summed E-state index contributed by atoms with van der Waals surface area (Å²) < 4.78 is 22.6. The molecule has 0 saturated heterocycles. The molecule has 43 heavy (non-hydrogen) atoms. The van der Waals surface area contributed by atoms with Crippen molar-refractivity contribution in [2.45, 2.75) is 51.6 Å². The molecular weight excluding hydrogens is 544 g/mol. The number of para-hydroxylation sites is 3. The number of allylic oxidation sites excluding steroid dienone is 3. The van der Waals surface area contributed by atoms with Gasteiger partial charge in [0.15, 0.2) is 17.3 Å². The summed E-state index contributed by atoms with van der Waals surface area (Å²) in [6.07, 6.45) is 0.794. The molecule has 0 aromatic heterocycles. The average molecular weight is 583 g/mol. The summed E-state index contributed by atoms with van der Waals surface area (Å²) in [6, 6.07) is 20.7. The Bertz CT molecular complexity index is 1610. The van der Waals surface area contributed by atoms with E-state index in [1.165, 1.54) is 0 Å². The number of anilines is 1. The van der Waals surface area contributed by atoms with Crippen molar-refractivity contribution in [3.05, 3.63) is 100 Å². The molecule has 1 aliphatic heterocycles. The summed E-state index contributed by atoms with van der Waals surface area (Å²) in [5.41, 5.74) is 4.84. The molecule has 8 nitrogen and oxygen atoms in total. The Balaban J connectivity index is 1.60. The molecule has 224 valence electrons. The number of ketones is 1. The number of ether oxygens (including phenoxy) is 4. The summed E-state index contributed by atoms with van der Waals surface area (Å²) in [4.78, 5) is 28.3. The first-order valence-corrected chi connectivity index (χ1v) is 14.4. The van der Waals surface area contributed by atoms with Crippen LogP contribution in [0.4, 0.5) is 5.69 Å². The first-order chi connectivity index (χ1) is 20.7. The van der Waals surface area contributed by atoms with Crippen molar-refractivity contribution >= 4 is 17.4 Å². The van der Waals surface area contributed by atoms with Gasteiger partial charge >= 0.3 is 0 Å². The van der Waals surface area contributed by atoms with Gasteiger partial charge in [0, 0.05) is 34.5 Å². The average Bonchev–Trinajstić information content (AvgIpc) is 3.00. The Morgan fingerprint density at radius 1 is 0.860 bits per heavy atom. The van der Waals surface area contributed by atoms with Crippen LogP contribution >= 0.6 is 0 Å². The van der Waals surface area contributed by atoms with Gasteiger partial charge in [-0.15, -0.1) is 0 Å². The van der Waals surface area contributed by atoms with Crippen LogP contribution in [0.15, 0.2) is 89.3 Å². The van der Waals surface area contributed by atoms with Gasteiger partial charge in [0.2, 0.25) is 0 Å². The van der Waals surface area contributed by atoms with E-state index in [9.17, 15) is 9.59 Å². The molecule has 3 aromatic carbocycles. The zero-order valence-electron chi connectivity index (χ0n) is 25.4. The molecule has 2 atom stereocenters. The van der Waals surface area contributed by atoms with Gasteiger partial charge < -0.3 is 29.6 Å². The van der Waals surface area contributed by atoms with E-state index in [4.69, 9.17) is 18.9 Å². The number of carbonyl (C=O) groups excluding carboxylic acids is 2. The third kappa shape index (κ3) is 5.95. The lowest BCUT2D eigenvalue weighted by atomic mass is 9.71. The predicted molar refractivity (Wildman–Crippen MR) is 166 cm³/mol. The van der Waals surface area contributed by atoms with E-state index in [2.05, 4.69) is 10.6 Å². The van der Waals surface area contributed by atoms with E-state index in [1.807, 2.05) is 75.4 Å². The maximum absolute atomic E-state index is 14.2. The summed E-state index contributed by atoms with van der Waals surface area (Å²) in [5.74, 6) is 1.40. The van der Waals surface area contributed by atoms with E-state index in [-0.39, 0.29) is 23.7 Å². The molecule has 0 saturated carbocycles. The minimum absolute atomic E-state index is 0.0204. The van der Waals surface area contributed by atoms with Gasteiger partial charge in [-0.25, -0.2) is 0 Å². The molecule has 0 fully saturated rings. The fourth-order valence-corrected chi connectivity index (χ4v) is 6.01. The summed E-state index contributed by atoms with van der Waals surface area (Å²) in [6.45, 7) is 5.80. The van der Waals surface area contributed by atoms with Gasteiger partial charge in [0.1, 0.15) is 11.5 Å². The van der Waals surface area contributed by atoms with Crippen molar-refractivity contribution in [1.29, 1.82) is 0 Å². The number of rotatable bonds is 9. The Labute approximate surface area is 252 Å². The summed E-state index contributed by atoms with van der Waals surface area (Å²) in [7, 11) is 4.76. The summed E-state index contributed by atoms with van der Waals surface area (Å²) >= 11 is 0. The zero-order valence-corrected chi connectivity index (χ0v) is 25.4. The quantitative estimate of drug-likeness (QED) is 0.297. The van der Waals surface area contributed by atoms with E-state index in [0.717, 1.165) is 16.8 Å². The number of dihydropyridines is 1. The fraction of sp³-hybridized carbons (Fsp3) is 0.314. The third-order valence-corrected chi connectivity index (χ3v) is 7.90. The number of Topliss-reactive ketones (excluding diaryl/α,β-unsaturated/α-hetero) is 1. The highest BCUT2D eigenvalue weighted by molar-refractivity contribution is 6.10. The molecule has 8 heteroatoms. The fourth-order valence-electron chi connectivity index (χ4n) is 6.01. The van der Waals surface area contributed by atoms with Crippen molar-refractivity contribution in [3.63, 3.8) is 0 Å². The van der Waals surface area contributed by atoms with Crippen LogP contribution in [0.2, 0.25) is 0 Å². The number of amides is 1. The van der Waals surface area contributed by atoms with Crippen LogP contribution in [-0.4, -0.2) is 39.1 Å². The molecule has 1 aliphatic carbocycles. The highest BCUT2D eigenvalue weighted by Crippen LogP contribution is 2.48. The lowest BCUT2D eigenvalue weighted by molar-refractivity contribution is -0.116. The SMILES string of the molecule is COc1ccccc1NC(=O)C1=C(C)NC2=C(C(=O)C[C@H](c3ccc(OC)c(OC)c3)C2)[C@H]1c1ccccc1OC(C)C. The second-order valence-electron chi connectivity index (χ2n) is 11.0. The van der Waals surface area contributed by atoms with E-state index >= 15 is 0 Å². The van der Waals surface area contributed by atoms with E-state index in [1.54, 1.807) is 33.5 Å². The molecular formula is C35H38N2O6. The first kappa shape index (κ1) is 29.8. The Hall–Kier alpha value is -4.72. The molecule has 0 bridgehead atoms. The van der Waals surface area contributed by atoms with Gasteiger partial charge in [-0.2, -0.15) is 0 Å². The van der Waals surface area contributed by atoms with E-state index < -0.39 is 5.92 Å². The highest BCUT2D eigenvalue weighted by Gasteiger charge is 2.42. The number of benzene rings is 3. The zero-order chi connectivity index (χ0) is 30.7. The van der Waals surface area contributed by atoms with Crippen LogP contribution in [-0.2, 0) is 9.59 Å². The molecule has 3 aromatic rings. The van der Waals surface area contributed by atoms with Gasteiger partial charge in [0.05, 0.1) is 39.0 Å². The monoisotopic (exact) mass is 582 g/mol. The molecule has 0 spiro atoms. The Morgan fingerprint density at radius 2 is 1.53 bits per heavy atom. The van der Waals surface area contributed by atoms with Gasteiger partial charge in [-0.05, 0) is 69.0 Å². The molecule has 2 aliphatic rings. The van der Waals surface area contributed by atoms with Crippen LogP contribution in [0.25, 0.3) is 0 Å². The Kier molecular flexibility index (Phi) is 8.76. The largest absolute Gasteiger partial charge is 0.495 e. The smallest absolute Gasteiger partial charge is 0.254 e. The number of nitrogens with one attached hydrogen (secondary N) is 2. The number of hydrogen-bond acceptors (Lipinski definition) is 7. The molecule has 5 rings (SSSR count). The van der Waals surface area contributed by atoms with Gasteiger partial charge in [-0.3, -0.25) is 9.59 Å². The van der Waals surface area contributed by atoms with Gasteiger partial charge in [-0.1, -0.05) is 36.4 Å². The summed E-state index contributed by atoms with van der Waals surface area (Å²) in [5, 5.41) is 6.48. The third-order valence-electron chi connectivity index (χ3n) is 7.90. The lowest BCUT2D eigenvalue weighted by Gasteiger charge is -2.37. The first-order valence-electron chi connectivity index (χ1n) is 14.4. The van der Waals surface area contributed by atoms with Crippen LogP contribution in [0, 0.1) is 0 Å². The Morgan fingerprint density at radius 3 is 2.23 bits per heavy atom. The van der Waals surface area contributed by atoms with Gasteiger partial charge in [0.25, 0.3) is 5.91 Å². The predicted octanol–water partition coefficient (Wildman–Crippen LogP) is 6.50. The standard InChI is InChI=1S/C35H38N2O6/c1-20(2)43-28-13-9-7-11-24(28)33-32(35(39)37-25-12-8-10-14-29(25)40-4)21(3)36-26-17-23(18-27(38)34(26)33)22-15-16-30(41-5)31(19-22)42-6/h7-16,19-20,23,33,36H,17-18H2,1-6H3,(H,37,39)/t23-,33+/m1/s1. The van der Waals surface area contributed by atoms with Crippen molar-refractivity contribution < 1.29 is 28.5 Å². The van der Waals surface area contributed by atoms with Crippen molar-refractivity contribution in [2.24, 2.45) is 0 Å². The van der Waals surface area contributed by atoms with Crippen LogP contribution < -0.4 is 29.6 Å². The second kappa shape index (κ2) is 12.7. The van der Waals surface area contributed by atoms with Crippen LogP contribution in [0.5, 0.6) is 23.0 Å². The lowest BCUT2D eigenvalue weighted by Crippen LogP contribution is -2.37. The molecule has 1 heterocycles. The van der Waals surface area contributed by atoms with Crippen LogP contribution in [0.3, 0.4) is 0 Å². The van der Waals surface area contributed by atoms with Crippen LogP contribution in [0.1, 0.15) is 56.6 Å². The molecule has 0 unspecified atom stereocenters. The molecule has 1 amide bonds. The van der Waals surface area contributed by atoms with Crippen molar-refractivity contribution in [3.8, 4) is 23.0 Å². The molecule has 0 radical (unpaired) electrons. The minimum atomic E-state index is -0.625. The second-order valence-corrected chi connectivity index (χ2v) is 11.0. The maximum Gasteiger partial charge on any atom is 0.254 e. The highest BCUT2D eigenvalue weighted by atomic mass is 16.5. The van der Waals surface area contributed by atoms with E-state index in [0.29, 0.717) is 58.4 Å². The maximum atomic E-state index is 14.2. The normalized spacial score (nSPS) is 18.2. The number of methoxy groups -OCH3 is 3. The number of carbonyl (C=O) groups is 2. The number of hydrogen-bond donors (Lipinski definition) is 2. The molecule has 2 N–H and O–H groups in total. The van der Waals surface area contributed by atoms with Crippen molar-refractivity contribution in [2.75, 3.05) is 26.6 Å². The topological polar surface area (TPSA) is 95.1 Å². The van der Waals surface area contributed by atoms with Crippen molar-refractivity contribution in [1.82, 2.24) is 5.32 Å².